The molecule has 1 aliphatic rings. The van der Waals surface area contributed by atoms with Gasteiger partial charge < -0.3 is 14.4 Å². The molecule has 4 rings (SSSR count). The van der Waals surface area contributed by atoms with Gasteiger partial charge in [-0.15, -0.1) is 6.42 Å². The van der Waals surface area contributed by atoms with Crippen molar-refractivity contribution >= 4 is 21.3 Å². The molecule has 168 valence electrons. The summed E-state index contributed by atoms with van der Waals surface area (Å²) in [6, 6.07) is 10.1. The SMILES string of the molecule is C#Cc1cn([C@H]2C[C@H](O)[C@@H](CCOS(N)(=O)=O)O2)c2ncnc(CCc3ccccc3)c12. The highest BCUT2D eigenvalue weighted by atomic mass is 32.2. The largest absolute Gasteiger partial charge is 0.390 e. The van der Waals surface area contributed by atoms with E-state index >= 15 is 0 Å². The second-order valence-electron chi connectivity index (χ2n) is 7.63. The molecule has 0 amide bonds. The number of terminal acetylenes is 1. The summed E-state index contributed by atoms with van der Waals surface area (Å²) in [5, 5.41) is 16.0. The van der Waals surface area contributed by atoms with Crippen molar-refractivity contribution in [3.8, 4) is 12.3 Å². The number of hydrogen-bond acceptors (Lipinski definition) is 7. The van der Waals surface area contributed by atoms with Crippen LogP contribution in [0.2, 0.25) is 0 Å². The standard InChI is InChI=1S/C22H24N4O5S/c1-2-16-13-26(20-12-18(27)19(31-20)10-11-30-32(23,28)29)22-21(16)17(24-14-25-22)9-8-15-6-4-3-5-7-15/h1,3-7,13-14,18-20,27H,8-12H2,(H2,23,28,29)/t18-,19+,20+/m0/s1. The molecule has 3 aromatic rings. The zero-order chi connectivity index (χ0) is 22.7. The Morgan fingerprint density at radius 3 is 2.78 bits per heavy atom. The fourth-order valence-electron chi connectivity index (χ4n) is 4.00. The van der Waals surface area contributed by atoms with E-state index in [-0.39, 0.29) is 13.0 Å². The van der Waals surface area contributed by atoms with Crippen LogP contribution in [0.25, 0.3) is 11.0 Å². The Morgan fingerprint density at radius 2 is 2.06 bits per heavy atom. The van der Waals surface area contributed by atoms with Gasteiger partial charge >= 0.3 is 10.3 Å². The van der Waals surface area contributed by atoms with Crippen LogP contribution in [0.1, 0.15) is 35.9 Å². The number of benzene rings is 1. The summed E-state index contributed by atoms with van der Waals surface area (Å²) in [4.78, 5) is 8.90. The zero-order valence-electron chi connectivity index (χ0n) is 17.3. The molecular formula is C22H24N4O5S. The molecule has 3 N–H and O–H groups in total. The molecule has 0 saturated carbocycles. The molecule has 1 aliphatic heterocycles. The Labute approximate surface area is 186 Å². The number of nitrogens with two attached hydrogens (primary N) is 1. The van der Waals surface area contributed by atoms with E-state index in [4.69, 9.17) is 16.3 Å². The van der Waals surface area contributed by atoms with E-state index in [2.05, 4.69) is 32.2 Å². The lowest BCUT2D eigenvalue weighted by atomic mass is 10.1. The van der Waals surface area contributed by atoms with Crippen molar-refractivity contribution in [2.45, 2.75) is 44.1 Å². The van der Waals surface area contributed by atoms with Gasteiger partial charge in [-0.05, 0) is 18.4 Å². The predicted octanol–water partition coefficient (Wildman–Crippen LogP) is 1.46. The topological polar surface area (TPSA) is 130 Å². The lowest BCUT2D eigenvalue weighted by molar-refractivity contribution is -0.0256. The minimum atomic E-state index is -4.04. The van der Waals surface area contributed by atoms with E-state index in [1.54, 1.807) is 6.20 Å². The Bertz CT molecular complexity index is 1240. The summed E-state index contributed by atoms with van der Waals surface area (Å²) < 4.78 is 34.2. The highest BCUT2D eigenvalue weighted by Gasteiger charge is 2.36. The van der Waals surface area contributed by atoms with Crippen LogP contribution in [0.5, 0.6) is 0 Å². The average molecular weight is 457 g/mol. The van der Waals surface area contributed by atoms with Crippen LogP contribution >= 0.6 is 0 Å². The first-order valence-corrected chi connectivity index (χ1v) is 11.7. The average Bonchev–Trinajstić information content (AvgIpc) is 3.32. The van der Waals surface area contributed by atoms with Gasteiger partial charge in [0.05, 0.1) is 35.5 Å². The van der Waals surface area contributed by atoms with Crippen LogP contribution < -0.4 is 5.14 Å². The second kappa shape index (κ2) is 9.36. The minimum absolute atomic E-state index is 0.173. The molecule has 0 bridgehead atoms. The Hall–Kier alpha value is -2.81. The quantitative estimate of drug-likeness (QED) is 0.491. The molecule has 9 nitrogen and oxygen atoms in total. The summed E-state index contributed by atoms with van der Waals surface area (Å²) in [5.41, 5.74) is 3.34. The van der Waals surface area contributed by atoms with Gasteiger partial charge in [-0.1, -0.05) is 36.3 Å². The van der Waals surface area contributed by atoms with Gasteiger partial charge in [0.15, 0.2) is 0 Å². The molecule has 3 atom stereocenters. The molecule has 1 fully saturated rings. The van der Waals surface area contributed by atoms with Crippen LogP contribution in [0.15, 0.2) is 42.9 Å². The first kappa shape index (κ1) is 22.4. The summed E-state index contributed by atoms with van der Waals surface area (Å²) in [5.74, 6) is 2.71. The third-order valence-electron chi connectivity index (χ3n) is 5.50. The third kappa shape index (κ3) is 4.98. The summed E-state index contributed by atoms with van der Waals surface area (Å²) in [6.45, 7) is -0.179. The smallest absolute Gasteiger partial charge is 0.333 e. The van der Waals surface area contributed by atoms with Gasteiger partial charge in [-0.2, -0.15) is 8.42 Å². The van der Waals surface area contributed by atoms with Crippen LogP contribution in [0.3, 0.4) is 0 Å². The van der Waals surface area contributed by atoms with Gasteiger partial charge in [0, 0.05) is 19.0 Å². The summed E-state index contributed by atoms with van der Waals surface area (Å²) in [7, 11) is -4.04. The highest BCUT2D eigenvalue weighted by molar-refractivity contribution is 7.84. The fraction of sp³-hybridized carbons (Fsp3) is 0.364. The molecule has 0 aliphatic carbocycles. The van der Waals surface area contributed by atoms with Crippen molar-refractivity contribution in [2.75, 3.05) is 6.61 Å². The lowest BCUT2D eigenvalue weighted by Crippen LogP contribution is -2.25. The number of rotatable bonds is 8. The highest BCUT2D eigenvalue weighted by Crippen LogP contribution is 2.34. The second-order valence-corrected chi connectivity index (χ2v) is 8.86. The van der Waals surface area contributed by atoms with Crippen LogP contribution in [-0.2, 0) is 32.1 Å². The maximum atomic E-state index is 10.9. The first-order valence-electron chi connectivity index (χ1n) is 10.2. The number of ether oxygens (including phenoxy) is 1. The van der Waals surface area contributed by atoms with E-state index in [0.717, 1.165) is 17.5 Å². The number of hydrogen-bond donors (Lipinski definition) is 2. The van der Waals surface area contributed by atoms with Crippen LogP contribution in [0, 0.1) is 12.3 Å². The van der Waals surface area contributed by atoms with Crippen molar-refractivity contribution in [1.82, 2.24) is 14.5 Å². The molecule has 0 spiro atoms. The molecule has 2 aromatic heterocycles. The monoisotopic (exact) mass is 456 g/mol. The zero-order valence-corrected chi connectivity index (χ0v) is 18.1. The first-order chi connectivity index (χ1) is 15.4. The van der Waals surface area contributed by atoms with Crippen LogP contribution in [-0.4, -0.2) is 46.9 Å². The van der Waals surface area contributed by atoms with E-state index < -0.39 is 28.7 Å². The molecule has 0 unspecified atom stereocenters. The number of aryl methyl sites for hydroxylation is 2. The van der Waals surface area contributed by atoms with Crippen molar-refractivity contribution in [3.05, 3.63) is 59.7 Å². The number of nitrogens with zero attached hydrogens (tertiary/aromatic N) is 3. The van der Waals surface area contributed by atoms with Gasteiger partial charge in [0.25, 0.3) is 0 Å². The number of aliphatic hydroxyl groups is 1. The third-order valence-corrected chi connectivity index (χ3v) is 6.00. The molecule has 0 radical (unpaired) electrons. The van der Waals surface area contributed by atoms with Gasteiger partial charge in [-0.25, -0.2) is 15.1 Å². The number of aliphatic hydroxyl groups excluding tert-OH is 1. The summed E-state index contributed by atoms with van der Waals surface area (Å²) in [6.07, 6.45) is 9.13. The van der Waals surface area contributed by atoms with Gasteiger partial charge in [0.2, 0.25) is 0 Å². The van der Waals surface area contributed by atoms with Crippen molar-refractivity contribution < 1.29 is 22.4 Å². The fourth-order valence-corrected chi connectivity index (χ4v) is 4.33. The molecule has 32 heavy (non-hydrogen) atoms. The Balaban J connectivity index is 1.55. The minimum Gasteiger partial charge on any atom is -0.390 e. The maximum Gasteiger partial charge on any atom is 0.333 e. The number of fused-ring (bicyclic) bond motifs is 1. The van der Waals surface area contributed by atoms with Crippen molar-refractivity contribution in [2.24, 2.45) is 5.14 Å². The summed E-state index contributed by atoms with van der Waals surface area (Å²) >= 11 is 0. The van der Waals surface area contributed by atoms with E-state index in [1.807, 2.05) is 22.8 Å². The molecule has 1 aromatic carbocycles. The normalized spacial score (nSPS) is 21.1. The van der Waals surface area contributed by atoms with Gasteiger partial charge in [0.1, 0.15) is 18.2 Å². The molecule has 1 saturated heterocycles. The Kier molecular flexibility index (Phi) is 6.55. The van der Waals surface area contributed by atoms with Crippen LogP contribution in [0.4, 0.5) is 0 Å². The molecular weight excluding hydrogens is 432 g/mol. The van der Waals surface area contributed by atoms with E-state index in [0.29, 0.717) is 24.1 Å². The van der Waals surface area contributed by atoms with E-state index in [9.17, 15) is 13.5 Å². The van der Waals surface area contributed by atoms with Crippen molar-refractivity contribution in [3.63, 3.8) is 0 Å². The van der Waals surface area contributed by atoms with Crippen molar-refractivity contribution in [1.29, 1.82) is 0 Å². The lowest BCUT2D eigenvalue weighted by Gasteiger charge is -2.16. The maximum absolute atomic E-state index is 10.9. The van der Waals surface area contributed by atoms with E-state index in [1.165, 1.54) is 11.9 Å². The Morgan fingerprint density at radius 1 is 1.28 bits per heavy atom. The number of aromatic nitrogens is 3. The molecule has 10 heteroatoms. The van der Waals surface area contributed by atoms with Gasteiger partial charge in [-0.3, -0.25) is 4.18 Å². The predicted molar refractivity (Wildman–Crippen MR) is 118 cm³/mol. The molecule has 3 heterocycles.